The molecular formula is C22H23N3O3S. The summed E-state index contributed by atoms with van der Waals surface area (Å²) in [5, 5.41) is -0.128. The van der Waals surface area contributed by atoms with Gasteiger partial charge in [-0.15, -0.1) is 11.8 Å². The van der Waals surface area contributed by atoms with Gasteiger partial charge >= 0.3 is 0 Å². The van der Waals surface area contributed by atoms with Crippen LogP contribution < -0.4 is 9.47 Å². The molecule has 6 nitrogen and oxygen atoms in total. The van der Waals surface area contributed by atoms with Crippen molar-refractivity contribution >= 4 is 17.7 Å². The fourth-order valence-corrected chi connectivity index (χ4v) is 4.70. The predicted octanol–water partition coefficient (Wildman–Crippen LogP) is 4.26. The maximum atomic E-state index is 12.8. The number of carbonyl (C=O) groups is 1. The monoisotopic (exact) mass is 409 g/mol. The Morgan fingerprint density at radius 3 is 2.72 bits per heavy atom. The number of methoxy groups -OCH3 is 2. The minimum atomic E-state index is -0.128. The molecular weight excluding hydrogens is 386 g/mol. The van der Waals surface area contributed by atoms with Gasteiger partial charge in [-0.25, -0.2) is 4.98 Å². The second-order valence-corrected chi connectivity index (χ2v) is 7.89. The average molecular weight is 410 g/mol. The number of rotatable bonds is 6. The predicted molar refractivity (Wildman–Crippen MR) is 114 cm³/mol. The number of ether oxygens (including phenoxy) is 2. The Labute approximate surface area is 174 Å². The number of thioether (sulfide) groups is 1. The Bertz CT molecular complexity index is 990. The summed E-state index contributed by atoms with van der Waals surface area (Å²) in [7, 11) is 3.23. The minimum absolute atomic E-state index is 0.120. The number of hydrogen-bond acceptors (Lipinski definition) is 5. The number of H-pyrrole nitrogens is 1. The van der Waals surface area contributed by atoms with Crippen molar-refractivity contribution in [2.24, 2.45) is 0 Å². The lowest BCUT2D eigenvalue weighted by Crippen LogP contribution is -2.37. The van der Waals surface area contributed by atoms with E-state index < -0.39 is 0 Å². The van der Waals surface area contributed by atoms with Crippen LogP contribution in [0.25, 0.3) is 11.4 Å². The molecule has 1 N–H and O–H groups in total. The van der Waals surface area contributed by atoms with Gasteiger partial charge in [0, 0.05) is 23.3 Å². The van der Waals surface area contributed by atoms with Gasteiger partial charge in [0.15, 0.2) is 11.5 Å². The molecule has 4 rings (SSSR count). The van der Waals surface area contributed by atoms with E-state index in [9.17, 15) is 4.79 Å². The first kappa shape index (κ1) is 19.4. The number of imidazole rings is 1. The summed E-state index contributed by atoms with van der Waals surface area (Å²) in [6, 6.07) is 15.7. The molecule has 1 aromatic heterocycles. The van der Waals surface area contributed by atoms with E-state index in [0.29, 0.717) is 24.5 Å². The van der Waals surface area contributed by atoms with Crippen molar-refractivity contribution in [3.63, 3.8) is 0 Å². The first-order valence-corrected chi connectivity index (χ1v) is 10.5. The molecule has 1 amide bonds. The van der Waals surface area contributed by atoms with Crippen molar-refractivity contribution in [2.75, 3.05) is 20.0 Å². The van der Waals surface area contributed by atoms with Crippen molar-refractivity contribution < 1.29 is 14.3 Å². The summed E-state index contributed by atoms with van der Waals surface area (Å²) in [5.74, 6) is 3.03. The van der Waals surface area contributed by atoms with E-state index in [1.165, 1.54) is 0 Å². The van der Waals surface area contributed by atoms with Crippen LogP contribution in [0.4, 0.5) is 0 Å². The number of para-hydroxylation sites is 1. The summed E-state index contributed by atoms with van der Waals surface area (Å²) >= 11 is 1.74. The molecule has 29 heavy (non-hydrogen) atoms. The molecule has 2 heterocycles. The third-order valence-corrected chi connectivity index (χ3v) is 6.19. The minimum Gasteiger partial charge on any atom is -0.493 e. The van der Waals surface area contributed by atoms with Gasteiger partial charge in [0.05, 0.1) is 32.7 Å². The Balaban J connectivity index is 1.64. The summed E-state index contributed by atoms with van der Waals surface area (Å²) in [6.07, 6.45) is 2.35. The molecule has 2 aromatic carbocycles. The molecule has 1 saturated heterocycles. The second kappa shape index (κ2) is 8.61. The van der Waals surface area contributed by atoms with Gasteiger partial charge in [0.1, 0.15) is 11.2 Å². The van der Waals surface area contributed by atoms with Crippen molar-refractivity contribution in [1.82, 2.24) is 14.9 Å². The van der Waals surface area contributed by atoms with Crippen LogP contribution in [0.3, 0.4) is 0 Å². The van der Waals surface area contributed by atoms with Crippen LogP contribution in [0.1, 0.15) is 23.1 Å². The van der Waals surface area contributed by atoms with Crippen LogP contribution in [0.15, 0.2) is 54.7 Å². The van der Waals surface area contributed by atoms with E-state index in [0.717, 1.165) is 28.4 Å². The zero-order valence-corrected chi connectivity index (χ0v) is 17.2. The van der Waals surface area contributed by atoms with E-state index in [-0.39, 0.29) is 11.3 Å². The van der Waals surface area contributed by atoms with Gasteiger partial charge in [-0.05, 0) is 6.07 Å². The zero-order valence-electron chi connectivity index (χ0n) is 16.4. The number of aromatic nitrogens is 2. The zero-order chi connectivity index (χ0) is 20.2. The third-order valence-electron chi connectivity index (χ3n) is 4.93. The molecule has 0 spiro atoms. The first-order chi connectivity index (χ1) is 14.2. The maximum absolute atomic E-state index is 12.8. The second-order valence-electron chi connectivity index (χ2n) is 6.70. The smallest absolute Gasteiger partial charge is 0.224 e. The van der Waals surface area contributed by atoms with Gasteiger partial charge < -0.3 is 19.4 Å². The molecule has 0 radical (unpaired) electrons. The quantitative estimate of drug-likeness (QED) is 0.659. The van der Waals surface area contributed by atoms with Crippen LogP contribution >= 0.6 is 11.8 Å². The van der Waals surface area contributed by atoms with Gasteiger partial charge in [-0.1, -0.05) is 42.5 Å². The van der Waals surface area contributed by atoms with Gasteiger partial charge in [0.2, 0.25) is 5.91 Å². The van der Waals surface area contributed by atoms with E-state index in [1.807, 2.05) is 59.6 Å². The summed E-state index contributed by atoms with van der Waals surface area (Å²) in [4.78, 5) is 22.6. The van der Waals surface area contributed by atoms with Crippen LogP contribution in [0.2, 0.25) is 0 Å². The van der Waals surface area contributed by atoms with Gasteiger partial charge in [-0.3, -0.25) is 4.79 Å². The van der Waals surface area contributed by atoms with Crippen LogP contribution in [0.5, 0.6) is 11.5 Å². The van der Waals surface area contributed by atoms with Crippen molar-refractivity contribution in [1.29, 1.82) is 0 Å². The Morgan fingerprint density at radius 2 is 1.97 bits per heavy atom. The highest BCUT2D eigenvalue weighted by atomic mass is 32.2. The highest BCUT2D eigenvalue weighted by molar-refractivity contribution is 7.99. The first-order valence-electron chi connectivity index (χ1n) is 9.42. The highest BCUT2D eigenvalue weighted by Crippen LogP contribution is 2.40. The van der Waals surface area contributed by atoms with Crippen molar-refractivity contribution in [3.05, 3.63) is 66.0 Å². The molecule has 7 heteroatoms. The number of nitrogens with zero attached hydrogens (tertiary/aromatic N) is 2. The van der Waals surface area contributed by atoms with Crippen LogP contribution in [0, 0.1) is 0 Å². The Morgan fingerprint density at radius 1 is 1.14 bits per heavy atom. The maximum Gasteiger partial charge on any atom is 0.224 e. The third kappa shape index (κ3) is 3.96. The number of nitrogens with one attached hydrogen (secondary N) is 1. The molecule has 0 bridgehead atoms. The van der Waals surface area contributed by atoms with E-state index >= 15 is 0 Å². The van der Waals surface area contributed by atoms with E-state index in [4.69, 9.17) is 9.47 Å². The number of amides is 1. The fraction of sp³-hybridized carbons (Fsp3) is 0.273. The highest BCUT2D eigenvalue weighted by Gasteiger charge is 2.32. The molecule has 3 aromatic rings. The van der Waals surface area contributed by atoms with Gasteiger partial charge in [-0.2, -0.15) is 0 Å². The lowest BCUT2D eigenvalue weighted by molar-refractivity contribution is -0.132. The molecule has 1 aliphatic rings. The SMILES string of the molecule is COc1cccc(CN2C(=O)CCSC2c2cnc(-c3ccccc3)[nH]2)c1OC. The largest absolute Gasteiger partial charge is 0.493 e. The molecule has 0 aliphatic carbocycles. The number of benzene rings is 2. The topological polar surface area (TPSA) is 67.5 Å². The normalized spacial score (nSPS) is 16.7. The van der Waals surface area contributed by atoms with Crippen molar-refractivity contribution in [3.8, 4) is 22.9 Å². The average Bonchev–Trinajstić information content (AvgIpc) is 3.25. The standard InChI is InChI=1S/C22H23N3O3S/c1-27-18-10-6-9-16(20(18)28-2)14-25-19(26)11-12-29-22(25)17-13-23-21(24-17)15-7-4-3-5-8-15/h3-10,13,22H,11-12,14H2,1-2H3,(H,23,24). The number of aromatic amines is 1. The molecule has 1 unspecified atom stereocenters. The van der Waals surface area contributed by atoms with Gasteiger partial charge in [0.25, 0.3) is 0 Å². The number of carbonyl (C=O) groups excluding carboxylic acids is 1. The lowest BCUT2D eigenvalue weighted by Gasteiger charge is -2.35. The fourth-order valence-electron chi connectivity index (χ4n) is 3.52. The summed E-state index contributed by atoms with van der Waals surface area (Å²) in [6.45, 7) is 0.441. The molecule has 1 atom stereocenters. The van der Waals surface area contributed by atoms with Crippen LogP contribution in [-0.2, 0) is 11.3 Å². The Hall–Kier alpha value is -2.93. The Kier molecular flexibility index (Phi) is 5.76. The van der Waals surface area contributed by atoms with E-state index in [2.05, 4.69) is 9.97 Å². The van der Waals surface area contributed by atoms with Crippen LogP contribution in [-0.4, -0.2) is 40.7 Å². The summed E-state index contributed by atoms with van der Waals surface area (Å²) < 4.78 is 11.0. The van der Waals surface area contributed by atoms with E-state index in [1.54, 1.807) is 26.0 Å². The molecule has 1 fully saturated rings. The molecule has 1 aliphatic heterocycles. The van der Waals surface area contributed by atoms with Crippen molar-refractivity contribution in [2.45, 2.75) is 18.3 Å². The summed E-state index contributed by atoms with van der Waals surface area (Å²) in [5.41, 5.74) is 2.85. The molecule has 150 valence electrons. The lowest BCUT2D eigenvalue weighted by atomic mass is 10.1. The number of hydrogen-bond donors (Lipinski definition) is 1. The molecule has 0 saturated carbocycles.